The van der Waals surface area contributed by atoms with Crippen LogP contribution in [0.5, 0.6) is 11.5 Å². The van der Waals surface area contributed by atoms with Crippen LogP contribution in [0.15, 0.2) is 47.2 Å². The predicted octanol–water partition coefficient (Wildman–Crippen LogP) is 4.99. The minimum Gasteiger partial charge on any atom is -0.457 e. The normalized spacial score (nSPS) is 10.8. The van der Waals surface area contributed by atoms with Gasteiger partial charge in [0.05, 0.1) is 0 Å². The summed E-state index contributed by atoms with van der Waals surface area (Å²) in [5.74, 6) is 1.57. The molecule has 0 saturated carbocycles. The lowest BCUT2D eigenvalue weighted by atomic mass is 10.1. The second-order valence-electron chi connectivity index (χ2n) is 5.05. The summed E-state index contributed by atoms with van der Waals surface area (Å²) < 4.78 is 7.16. The number of aryl methyl sites for hydroxylation is 2. The molecular weight excluding hydrogens is 328 g/mol. The molecule has 21 heavy (non-hydrogen) atoms. The van der Waals surface area contributed by atoms with Crippen molar-refractivity contribution in [1.29, 1.82) is 0 Å². The van der Waals surface area contributed by atoms with Gasteiger partial charge in [0, 0.05) is 33.3 Å². The van der Waals surface area contributed by atoms with Gasteiger partial charge in [-0.05, 0) is 55.3 Å². The topological polar surface area (TPSA) is 48.1 Å². The van der Waals surface area contributed by atoms with Crippen molar-refractivity contribution in [1.82, 2.24) is 4.98 Å². The number of ether oxygens (including phenoxy) is 1. The lowest BCUT2D eigenvalue weighted by molar-refractivity contribution is 0.487. The number of hydrogen-bond acceptors (Lipinski definition) is 3. The predicted molar refractivity (Wildman–Crippen MR) is 89.8 cm³/mol. The van der Waals surface area contributed by atoms with Gasteiger partial charge in [-0.25, -0.2) is 0 Å². The Balaban J connectivity index is 2.09. The zero-order valence-electron chi connectivity index (χ0n) is 11.9. The molecule has 1 heterocycles. The van der Waals surface area contributed by atoms with Crippen LogP contribution in [0.1, 0.15) is 11.1 Å². The summed E-state index contributed by atoms with van der Waals surface area (Å²) >= 11 is 3.57. The molecule has 2 N–H and O–H groups in total. The summed E-state index contributed by atoms with van der Waals surface area (Å²) in [6.07, 6.45) is 3.51. The summed E-state index contributed by atoms with van der Waals surface area (Å²) in [6, 6.07) is 9.66. The molecule has 3 aromatic rings. The van der Waals surface area contributed by atoms with Crippen molar-refractivity contribution in [2.45, 2.75) is 13.8 Å². The van der Waals surface area contributed by atoms with E-state index in [-0.39, 0.29) is 0 Å². The van der Waals surface area contributed by atoms with E-state index in [0.29, 0.717) is 0 Å². The van der Waals surface area contributed by atoms with Crippen LogP contribution in [-0.2, 0) is 0 Å². The molecular formula is C17H15BrN2O. The summed E-state index contributed by atoms with van der Waals surface area (Å²) in [4.78, 5) is 4.16. The Kier molecular flexibility index (Phi) is 3.55. The van der Waals surface area contributed by atoms with Gasteiger partial charge in [-0.2, -0.15) is 0 Å². The van der Waals surface area contributed by atoms with E-state index < -0.39 is 0 Å². The number of fused-ring (bicyclic) bond motifs is 1. The summed E-state index contributed by atoms with van der Waals surface area (Å²) in [5.41, 5.74) is 9.01. The van der Waals surface area contributed by atoms with E-state index in [4.69, 9.17) is 10.5 Å². The number of nitrogens with zero attached hydrogens (tertiary/aromatic N) is 1. The highest BCUT2D eigenvalue weighted by Gasteiger charge is 2.08. The molecule has 106 valence electrons. The number of anilines is 1. The molecule has 0 atom stereocenters. The second-order valence-corrected chi connectivity index (χ2v) is 5.84. The first-order chi connectivity index (χ1) is 10.1. The second kappa shape index (κ2) is 5.37. The average Bonchev–Trinajstić information content (AvgIpc) is 2.48. The number of hydrogen-bond donors (Lipinski definition) is 1. The highest BCUT2D eigenvalue weighted by Crippen LogP contribution is 2.34. The van der Waals surface area contributed by atoms with Gasteiger partial charge in [-0.3, -0.25) is 4.98 Å². The molecule has 3 nitrogen and oxygen atoms in total. The van der Waals surface area contributed by atoms with Gasteiger partial charge in [0.2, 0.25) is 0 Å². The van der Waals surface area contributed by atoms with Gasteiger partial charge in [0.15, 0.2) is 0 Å². The standard InChI is InChI=1S/C17H15BrN2O/c1-10-7-12(8-11(2)17(10)18)21-16-4-3-15(19)13-5-6-20-9-14(13)16/h3-9H,19H2,1-2H3. The maximum absolute atomic E-state index is 6.05. The molecule has 0 unspecified atom stereocenters. The molecule has 2 aromatic carbocycles. The fourth-order valence-corrected chi connectivity index (χ4v) is 2.60. The van der Waals surface area contributed by atoms with Crippen molar-refractivity contribution in [2.24, 2.45) is 0 Å². The Hall–Kier alpha value is -2.07. The van der Waals surface area contributed by atoms with Crippen LogP contribution < -0.4 is 10.5 Å². The van der Waals surface area contributed by atoms with Crippen molar-refractivity contribution in [3.8, 4) is 11.5 Å². The fourth-order valence-electron chi connectivity index (χ4n) is 2.37. The van der Waals surface area contributed by atoms with E-state index in [1.807, 2.05) is 44.2 Å². The van der Waals surface area contributed by atoms with E-state index in [1.165, 1.54) is 0 Å². The zero-order valence-corrected chi connectivity index (χ0v) is 13.4. The van der Waals surface area contributed by atoms with Crippen LogP contribution in [0, 0.1) is 13.8 Å². The number of pyridine rings is 1. The molecule has 0 spiro atoms. The van der Waals surface area contributed by atoms with Crippen LogP contribution in [0.25, 0.3) is 10.8 Å². The highest BCUT2D eigenvalue weighted by atomic mass is 79.9. The van der Waals surface area contributed by atoms with Crippen LogP contribution >= 0.6 is 15.9 Å². The van der Waals surface area contributed by atoms with Crippen molar-refractivity contribution < 1.29 is 4.74 Å². The van der Waals surface area contributed by atoms with E-state index in [0.717, 1.165) is 43.6 Å². The van der Waals surface area contributed by atoms with Gasteiger partial charge in [-0.1, -0.05) is 15.9 Å². The molecule has 0 bridgehead atoms. The number of benzene rings is 2. The van der Waals surface area contributed by atoms with Gasteiger partial charge >= 0.3 is 0 Å². The van der Waals surface area contributed by atoms with Crippen LogP contribution in [-0.4, -0.2) is 4.98 Å². The van der Waals surface area contributed by atoms with E-state index in [2.05, 4.69) is 20.9 Å². The smallest absolute Gasteiger partial charge is 0.136 e. The first-order valence-electron chi connectivity index (χ1n) is 6.63. The molecule has 3 rings (SSSR count). The zero-order chi connectivity index (χ0) is 15.0. The molecule has 0 aliphatic carbocycles. The molecule has 0 amide bonds. The van der Waals surface area contributed by atoms with E-state index in [1.54, 1.807) is 12.4 Å². The van der Waals surface area contributed by atoms with Crippen LogP contribution in [0.2, 0.25) is 0 Å². The van der Waals surface area contributed by atoms with Gasteiger partial charge in [-0.15, -0.1) is 0 Å². The maximum atomic E-state index is 6.05. The van der Waals surface area contributed by atoms with Crippen molar-refractivity contribution in [3.05, 3.63) is 58.3 Å². The monoisotopic (exact) mass is 342 g/mol. The third-order valence-corrected chi connectivity index (χ3v) is 4.70. The SMILES string of the molecule is Cc1cc(Oc2ccc(N)c3ccncc23)cc(C)c1Br. The van der Waals surface area contributed by atoms with Gasteiger partial charge in [0.1, 0.15) is 11.5 Å². The first kappa shape index (κ1) is 13.9. The maximum Gasteiger partial charge on any atom is 0.136 e. The highest BCUT2D eigenvalue weighted by molar-refractivity contribution is 9.10. The van der Waals surface area contributed by atoms with Gasteiger partial charge in [0.25, 0.3) is 0 Å². The Morgan fingerprint density at radius 1 is 1.05 bits per heavy atom. The molecule has 4 heteroatoms. The van der Waals surface area contributed by atoms with Crippen LogP contribution in [0.3, 0.4) is 0 Å². The third kappa shape index (κ3) is 2.59. The van der Waals surface area contributed by atoms with Crippen LogP contribution in [0.4, 0.5) is 5.69 Å². The number of nitrogen functional groups attached to an aromatic ring is 1. The molecule has 1 aromatic heterocycles. The third-order valence-electron chi connectivity index (χ3n) is 3.45. The average molecular weight is 343 g/mol. The van der Waals surface area contributed by atoms with E-state index >= 15 is 0 Å². The minimum absolute atomic E-state index is 0.725. The van der Waals surface area contributed by atoms with Crippen molar-refractivity contribution in [2.75, 3.05) is 5.73 Å². The molecule has 0 saturated heterocycles. The summed E-state index contributed by atoms with van der Waals surface area (Å²) in [7, 11) is 0. The molecule has 0 radical (unpaired) electrons. The van der Waals surface area contributed by atoms with Crippen molar-refractivity contribution >= 4 is 32.4 Å². The number of halogens is 1. The lowest BCUT2D eigenvalue weighted by Gasteiger charge is -2.12. The molecule has 0 aliphatic heterocycles. The first-order valence-corrected chi connectivity index (χ1v) is 7.42. The fraction of sp³-hybridized carbons (Fsp3) is 0.118. The lowest BCUT2D eigenvalue weighted by Crippen LogP contribution is -1.92. The molecule has 0 aliphatic rings. The Morgan fingerprint density at radius 3 is 2.48 bits per heavy atom. The Labute approximate surface area is 131 Å². The van der Waals surface area contributed by atoms with E-state index in [9.17, 15) is 0 Å². The number of aromatic nitrogens is 1. The van der Waals surface area contributed by atoms with Gasteiger partial charge < -0.3 is 10.5 Å². The Morgan fingerprint density at radius 2 is 1.76 bits per heavy atom. The largest absolute Gasteiger partial charge is 0.457 e. The minimum atomic E-state index is 0.725. The quantitative estimate of drug-likeness (QED) is 0.667. The van der Waals surface area contributed by atoms with Crippen molar-refractivity contribution in [3.63, 3.8) is 0 Å². The number of rotatable bonds is 2. The summed E-state index contributed by atoms with van der Waals surface area (Å²) in [5, 5.41) is 1.86. The number of nitrogens with two attached hydrogens (primary N) is 1. The Bertz CT molecular complexity index is 807. The summed E-state index contributed by atoms with van der Waals surface area (Å²) in [6.45, 7) is 4.10. The molecule has 0 fully saturated rings.